The molecule has 3 rings (SSSR count). The lowest BCUT2D eigenvalue weighted by molar-refractivity contribution is 0.337. The monoisotopic (exact) mass is 364 g/mol. The molecule has 1 fully saturated rings. The molecule has 0 radical (unpaired) electrons. The highest BCUT2D eigenvalue weighted by molar-refractivity contribution is 6.48. The Labute approximate surface area is 160 Å². The molecule has 6 heteroatoms. The predicted molar refractivity (Wildman–Crippen MR) is 112 cm³/mol. The van der Waals surface area contributed by atoms with Crippen molar-refractivity contribution in [3.05, 3.63) is 54.9 Å². The van der Waals surface area contributed by atoms with Crippen LogP contribution in [0.5, 0.6) is 0 Å². The van der Waals surface area contributed by atoms with Gasteiger partial charge in [-0.25, -0.2) is 0 Å². The number of rotatable bonds is 4. The van der Waals surface area contributed by atoms with Crippen LogP contribution in [-0.4, -0.2) is 41.3 Å². The molecule has 27 heavy (non-hydrogen) atoms. The van der Waals surface area contributed by atoms with Crippen molar-refractivity contribution >= 4 is 17.1 Å². The zero-order valence-corrected chi connectivity index (χ0v) is 15.8. The summed E-state index contributed by atoms with van der Waals surface area (Å²) in [5, 5.41) is 9.18. The number of nitrogens with two attached hydrogens (primary N) is 2. The summed E-state index contributed by atoms with van der Waals surface area (Å²) in [7, 11) is 1.78. The molecule has 0 saturated heterocycles. The maximum Gasteiger partial charge on any atom is 0.0924 e. The van der Waals surface area contributed by atoms with Crippen molar-refractivity contribution in [1.29, 1.82) is 0 Å². The minimum atomic E-state index is 0.00935. The van der Waals surface area contributed by atoms with Crippen molar-refractivity contribution in [2.24, 2.45) is 38.5 Å². The van der Waals surface area contributed by atoms with Gasteiger partial charge >= 0.3 is 0 Å². The molecule has 2 aliphatic rings. The Morgan fingerprint density at radius 1 is 1.11 bits per heavy atom. The Morgan fingerprint density at radius 2 is 1.85 bits per heavy atom. The first-order valence-corrected chi connectivity index (χ1v) is 9.50. The van der Waals surface area contributed by atoms with E-state index in [2.05, 4.69) is 26.8 Å². The molecule has 4 unspecified atom stereocenters. The molecule has 1 aromatic rings. The minimum Gasteiger partial charge on any atom is -0.326 e. The molecule has 6 nitrogen and oxygen atoms in total. The maximum atomic E-state index is 6.28. The highest BCUT2D eigenvalue weighted by Crippen LogP contribution is 2.34. The van der Waals surface area contributed by atoms with Crippen LogP contribution in [0.15, 0.2) is 64.4 Å². The second-order valence-electron chi connectivity index (χ2n) is 7.08. The van der Waals surface area contributed by atoms with Crippen LogP contribution < -0.4 is 11.5 Å². The highest BCUT2D eigenvalue weighted by atomic mass is 15.2. The summed E-state index contributed by atoms with van der Waals surface area (Å²) in [6.07, 6.45) is 10.9. The summed E-state index contributed by atoms with van der Waals surface area (Å²) < 4.78 is 0. The third kappa shape index (κ3) is 4.28. The van der Waals surface area contributed by atoms with E-state index in [9.17, 15) is 0 Å². The first-order valence-electron chi connectivity index (χ1n) is 9.50. The largest absolute Gasteiger partial charge is 0.326 e. The van der Waals surface area contributed by atoms with Crippen LogP contribution >= 0.6 is 0 Å². The quantitative estimate of drug-likeness (QED) is 0.634. The van der Waals surface area contributed by atoms with E-state index in [-0.39, 0.29) is 23.9 Å². The summed E-state index contributed by atoms with van der Waals surface area (Å²) in [5.74, 6) is 0.408. The Kier molecular flexibility index (Phi) is 6.42. The zero-order chi connectivity index (χ0) is 19.2. The summed E-state index contributed by atoms with van der Waals surface area (Å²) in [5.41, 5.74) is 16.1. The van der Waals surface area contributed by atoms with Crippen LogP contribution in [-0.2, 0) is 0 Å². The summed E-state index contributed by atoms with van der Waals surface area (Å²) in [6, 6.07) is 5.91. The molecule has 0 aromatic carbocycles. The fraction of sp³-hybridized carbons (Fsp3) is 0.429. The second kappa shape index (κ2) is 8.97. The Hall–Kier alpha value is -2.44. The van der Waals surface area contributed by atoms with Gasteiger partial charge in [-0.3, -0.25) is 9.98 Å². The number of allylic oxidation sites excluding steroid dienone is 3. The number of hydrogen-bond donors (Lipinski definition) is 2. The van der Waals surface area contributed by atoms with E-state index in [0.29, 0.717) is 0 Å². The fourth-order valence-corrected chi connectivity index (χ4v) is 3.92. The molecule has 0 spiro atoms. The van der Waals surface area contributed by atoms with Gasteiger partial charge in [0.1, 0.15) is 0 Å². The van der Waals surface area contributed by atoms with E-state index < -0.39 is 0 Å². The summed E-state index contributed by atoms with van der Waals surface area (Å²) in [4.78, 5) is 8.94. The zero-order valence-electron chi connectivity index (χ0n) is 15.8. The van der Waals surface area contributed by atoms with Crippen molar-refractivity contribution in [2.75, 3.05) is 7.05 Å². The Morgan fingerprint density at radius 3 is 2.48 bits per heavy atom. The summed E-state index contributed by atoms with van der Waals surface area (Å²) in [6.45, 7) is 3.74. The van der Waals surface area contributed by atoms with Gasteiger partial charge in [0, 0.05) is 37.2 Å². The van der Waals surface area contributed by atoms with Crippen molar-refractivity contribution in [3.63, 3.8) is 0 Å². The molecule has 1 saturated carbocycles. The van der Waals surface area contributed by atoms with Gasteiger partial charge in [-0.2, -0.15) is 10.2 Å². The fourth-order valence-electron chi connectivity index (χ4n) is 3.92. The first kappa shape index (κ1) is 19.3. The number of pyridine rings is 1. The average Bonchev–Trinajstić information content (AvgIpc) is 2.70. The maximum absolute atomic E-state index is 6.28. The van der Waals surface area contributed by atoms with Crippen molar-refractivity contribution in [1.82, 2.24) is 4.98 Å². The van der Waals surface area contributed by atoms with Gasteiger partial charge in [-0.05, 0) is 43.9 Å². The molecule has 1 aromatic heterocycles. The van der Waals surface area contributed by atoms with E-state index in [1.54, 1.807) is 19.3 Å². The van der Waals surface area contributed by atoms with E-state index in [0.717, 1.165) is 48.5 Å². The van der Waals surface area contributed by atoms with Gasteiger partial charge in [0.15, 0.2) is 0 Å². The lowest BCUT2D eigenvalue weighted by Gasteiger charge is -2.36. The highest BCUT2D eigenvalue weighted by Gasteiger charge is 2.38. The standard InChI is InChI=1S/C21H28N6/c1-3-4-7-18(24-2)20-14-9-11-16(22)17(23)12-10-15(14)21(27-26-20)19-8-5-6-13-25-19/h3-8,13-17H,1,9-12,22-23H2,2H3/b7-4-,24-18?. The first-order chi connectivity index (χ1) is 13.2. The molecule has 0 bridgehead atoms. The SMILES string of the molecule is C=C/C=C\C(=NC)C1=NN=C(c2ccccn2)C2CCC(N)C(N)CCC12. The lowest BCUT2D eigenvalue weighted by atomic mass is 9.72. The van der Waals surface area contributed by atoms with E-state index in [1.165, 1.54) is 0 Å². The molecule has 142 valence electrons. The second-order valence-corrected chi connectivity index (χ2v) is 7.08. The number of hydrogen-bond acceptors (Lipinski definition) is 6. The molecule has 2 heterocycles. The van der Waals surface area contributed by atoms with Gasteiger partial charge in [-0.15, -0.1) is 0 Å². The molecular weight excluding hydrogens is 336 g/mol. The van der Waals surface area contributed by atoms with Gasteiger partial charge in [0.25, 0.3) is 0 Å². The Bertz CT molecular complexity index is 777. The van der Waals surface area contributed by atoms with Crippen LogP contribution in [0.3, 0.4) is 0 Å². The molecule has 4 N–H and O–H groups in total. The Balaban J connectivity index is 2.03. The third-order valence-electron chi connectivity index (χ3n) is 5.45. The van der Waals surface area contributed by atoms with Gasteiger partial charge in [0.05, 0.1) is 22.8 Å². The molecular formula is C21H28N6. The third-order valence-corrected chi connectivity index (χ3v) is 5.45. The van der Waals surface area contributed by atoms with Crippen molar-refractivity contribution < 1.29 is 0 Å². The number of fused-ring (bicyclic) bond motifs is 1. The van der Waals surface area contributed by atoms with Crippen LogP contribution in [0.25, 0.3) is 0 Å². The molecule has 1 aliphatic heterocycles. The number of aromatic nitrogens is 1. The van der Waals surface area contributed by atoms with Gasteiger partial charge < -0.3 is 11.5 Å². The smallest absolute Gasteiger partial charge is 0.0924 e. The van der Waals surface area contributed by atoms with E-state index in [4.69, 9.17) is 11.5 Å². The molecule has 4 atom stereocenters. The van der Waals surface area contributed by atoms with Crippen LogP contribution in [0, 0.1) is 11.8 Å². The van der Waals surface area contributed by atoms with Crippen LogP contribution in [0.2, 0.25) is 0 Å². The van der Waals surface area contributed by atoms with Crippen molar-refractivity contribution in [2.45, 2.75) is 37.8 Å². The van der Waals surface area contributed by atoms with Gasteiger partial charge in [-0.1, -0.05) is 24.8 Å². The number of nitrogens with zero attached hydrogens (tertiary/aromatic N) is 4. The molecule has 0 amide bonds. The topological polar surface area (TPSA) is 102 Å². The number of aliphatic imine (C=N–C) groups is 1. The molecule has 1 aliphatic carbocycles. The predicted octanol–water partition coefficient (Wildman–Crippen LogP) is 2.51. The minimum absolute atomic E-state index is 0.00935. The summed E-state index contributed by atoms with van der Waals surface area (Å²) >= 11 is 0. The lowest BCUT2D eigenvalue weighted by Crippen LogP contribution is -2.46. The van der Waals surface area contributed by atoms with Gasteiger partial charge in [0.2, 0.25) is 0 Å². The van der Waals surface area contributed by atoms with Crippen LogP contribution in [0.4, 0.5) is 0 Å². The van der Waals surface area contributed by atoms with Crippen molar-refractivity contribution in [3.8, 4) is 0 Å². The van der Waals surface area contributed by atoms with E-state index >= 15 is 0 Å². The van der Waals surface area contributed by atoms with E-state index in [1.807, 2.05) is 30.4 Å². The normalized spacial score (nSPS) is 29.4. The average molecular weight is 364 g/mol. The van der Waals surface area contributed by atoms with Crippen LogP contribution in [0.1, 0.15) is 31.4 Å².